The number of pyridine rings is 2. The monoisotopic (exact) mass is 637 g/mol. The molecule has 8 nitrogen and oxygen atoms in total. The molecule has 250 valence electrons. The molecule has 47 heavy (non-hydrogen) atoms. The Kier molecular flexibility index (Phi) is 11.7. The van der Waals surface area contributed by atoms with E-state index >= 15 is 0 Å². The van der Waals surface area contributed by atoms with Gasteiger partial charge in [-0.05, 0) is 115 Å². The molecule has 0 aliphatic carbocycles. The third kappa shape index (κ3) is 8.60. The van der Waals surface area contributed by atoms with Crippen LogP contribution in [0.25, 0.3) is 22.2 Å². The summed E-state index contributed by atoms with van der Waals surface area (Å²) in [5.41, 5.74) is 5.59. The molecule has 2 aromatic carbocycles. The summed E-state index contributed by atoms with van der Waals surface area (Å²) in [6.45, 7) is 15.3. The number of H-pyrrole nitrogens is 1. The van der Waals surface area contributed by atoms with Crippen molar-refractivity contribution in [3.8, 4) is 16.9 Å². The summed E-state index contributed by atoms with van der Waals surface area (Å²) in [7, 11) is 0. The van der Waals surface area contributed by atoms with Gasteiger partial charge in [-0.15, -0.1) is 0 Å². The van der Waals surface area contributed by atoms with Gasteiger partial charge in [0.2, 0.25) is 0 Å². The number of urea groups is 1. The zero-order chi connectivity index (χ0) is 33.3. The van der Waals surface area contributed by atoms with Crippen molar-refractivity contribution in [2.75, 3.05) is 43.0 Å². The van der Waals surface area contributed by atoms with Gasteiger partial charge in [0.15, 0.2) is 0 Å². The molecule has 0 bridgehead atoms. The maximum absolute atomic E-state index is 14.1. The van der Waals surface area contributed by atoms with E-state index in [-0.39, 0.29) is 23.4 Å². The first-order valence-corrected chi connectivity index (χ1v) is 17.4. The number of amides is 2. The number of carbonyl (C=O) groups excluding carboxylic acids is 1. The summed E-state index contributed by atoms with van der Waals surface area (Å²) in [6.07, 6.45) is 8.28. The number of nitrogens with zero attached hydrogens (tertiary/aromatic N) is 3. The number of ether oxygens (including phenoxy) is 1. The number of aromatic amines is 1. The highest BCUT2D eigenvalue weighted by Crippen LogP contribution is 2.38. The Hall–Kier alpha value is -4.17. The largest absolute Gasteiger partial charge is 0.494 e. The van der Waals surface area contributed by atoms with Crippen LogP contribution in [0.4, 0.5) is 16.2 Å². The van der Waals surface area contributed by atoms with Crippen LogP contribution in [-0.4, -0.2) is 53.7 Å². The smallest absolute Gasteiger partial charge is 0.326 e. The summed E-state index contributed by atoms with van der Waals surface area (Å²) < 4.78 is 6.21. The summed E-state index contributed by atoms with van der Waals surface area (Å²) in [5, 5.41) is 4.04. The van der Waals surface area contributed by atoms with Crippen LogP contribution in [0.15, 0.2) is 65.6 Å². The van der Waals surface area contributed by atoms with Gasteiger partial charge in [0.05, 0.1) is 6.61 Å². The van der Waals surface area contributed by atoms with Crippen molar-refractivity contribution in [1.82, 2.24) is 14.9 Å². The van der Waals surface area contributed by atoms with Crippen LogP contribution >= 0.6 is 0 Å². The number of hydrogen-bond acceptors (Lipinski definition) is 5. The number of anilines is 2. The van der Waals surface area contributed by atoms with E-state index in [4.69, 9.17) is 4.74 Å². The van der Waals surface area contributed by atoms with Gasteiger partial charge in [0.1, 0.15) is 17.1 Å². The topological polar surface area (TPSA) is 90.6 Å². The first-order valence-electron chi connectivity index (χ1n) is 17.4. The van der Waals surface area contributed by atoms with Gasteiger partial charge >= 0.3 is 6.03 Å². The average Bonchev–Trinajstić information content (AvgIpc) is 3.07. The van der Waals surface area contributed by atoms with Gasteiger partial charge < -0.3 is 19.9 Å². The van der Waals surface area contributed by atoms with Crippen molar-refractivity contribution in [1.29, 1.82) is 0 Å². The summed E-state index contributed by atoms with van der Waals surface area (Å²) in [6, 6.07) is 17.9. The Morgan fingerprint density at radius 1 is 0.957 bits per heavy atom. The van der Waals surface area contributed by atoms with E-state index < -0.39 is 0 Å². The molecule has 2 aromatic heterocycles. The fraction of sp³-hybridized carbons (Fsp3) is 0.462. The second-order valence-corrected chi connectivity index (χ2v) is 13.3. The molecule has 8 heteroatoms. The highest BCUT2D eigenvalue weighted by molar-refractivity contribution is 6.03. The van der Waals surface area contributed by atoms with Crippen molar-refractivity contribution in [3.05, 3.63) is 82.3 Å². The molecule has 0 atom stereocenters. The van der Waals surface area contributed by atoms with E-state index in [0.29, 0.717) is 24.5 Å². The van der Waals surface area contributed by atoms with E-state index in [0.717, 1.165) is 64.9 Å². The van der Waals surface area contributed by atoms with E-state index in [1.54, 1.807) is 17.2 Å². The normalized spacial score (nSPS) is 13.8. The Morgan fingerprint density at radius 3 is 2.40 bits per heavy atom. The number of aromatic nitrogens is 2. The number of likely N-dealkylation sites (tertiary alicyclic amines) is 1. The maximum Gasteiger partial charge on any atom is 0.326 e. The van der Waals surface area contributed by atoms with Crippen molar-refractivity contribution >= 4 is 28.4 Å². The minimum atomic E-state index is -0.334. The molecule has 2 amide bonds. The van der Waals surface area contributed by atoms with Gasteiger partial charge in [0, 0.05) is 30.4 Å². The third-order valence-corrected chi connectivity index (χ3v) is 9.05. The highest BCUT2D eigenvalue weighted by atomic mass is 16.5. The number of hydrogen-bond donors (Lipinski definition) is 2. The first-order chi connectivity index (χ1) is 22.7. The van der Waals surface area contributed by atoms with Gasteiger partial charge in [-0.25, -0.2) is 9.78 Å². The van der Waals surface area contributed by atoms with Crippen molar-refractivity contribution < 1.29 is 9.53 Å². The number of carbonyl (C=O) groups is 1. The molecule has 0 saturated carbocycles. The van der Waals surface area contributed by atoms with Crippen LogP contribution in [0.1, 0.15) is 96.1 Å². The molecule has 0 unspecified atom stereocenters. The molecule has 1 fully saturated rings. The van der Waals surface area contributed by atoms with Crippen LogP contribution in [0.3, 0.4) is 0 Å². The van der Waals surface area contributed by atoms with Crippen LogP contribution < -0.4 is 20.5 Å². The third-order valence-electron chi connectivity index (χ3n) is 9.05. The SMILES string of the molecule is CCCCN(C(=O)Nc1c(C(C)C)cc(-c2cccc(OCCCN3CCCCC3)c2)cc1C(C)C)c1cc2cccnc2[nH]c1=O. The maximum atomic E-state index is 14.1. The molecule has 1 aliphatic heterocycles. The average molecular weight is 638 g/mol. The lowest BCUT2D eigenvalue weighted by Crippen LogP contribution is -2.39. The summed E-state index contributed by atoms with van der Waals surface area (Å²) >= 11 is 0. The lowest BCUT2D eigenvalue weighted by atomic mass is 9.88. The molecule has 5 rings (SSSR count). The van der Waals surface area contributed by atoms with Gasteiger partial charge in [-0.3, -0.25) is 9.69 Å². The molecule has 0 radical (unpaired) electrons. The number of fused-ring (bicyclic) bond motifs is 1. The fourth-order valence-corrected chi connectivity index (χ4v) is 6.38. The van der Waals surface area contributed by atoms with Crippen molar-refractivity contribution in [2.45, 2.75) is 85.0 Å². The number of piperidine rings is 1. The summed E-state index contributed by atoms with van der Waals surface area (Å²) in [5.74, 6) is 1.17. The van der Waals surface area contributed by atoms with E-state index in [1.165, 1.54) is 32.4 Å². The Morgan fingerprint density at radius 2 is 1.70 bits per heavy atom. The lowest BCUT2D eigenvalue weighted by molar-refractivity contribution is 0.205. The molecule has 2 N–H and O–H groups in total. The van der Waals surface area contributed by atoms with E-state index in [9.17, 15) is 9.59 Å². The van der Waals surface area contributed by atoms with Crippen LogP contribution in [0, 0.1) is 0 Å². The molecule has 0 spiro atoms. The number of benzene rings is 2. The molecule has 4 aromatic rings. The predicted octanol–water partition coefficient (Wildman–Crippen LogP) is 8.93. The Balaban J connectivity index is 1.41. The molecule has 1 saturated heterocycles. The Bertz CT molecular complexity index is 1680. The number of nitrogens with one attached hydrogen (secondary N) is 2. The van der Waals surface area contributed by atoms with Crippen LogP contribution in [0.5, 0.6) is 5.75 Å². The zero-order valence-electron chi connectivity index (χ0n) is 28.8. The second-order valence-electron chi connectivity index (χ2n) is 13.3. The quantitative estimate of drug-likeness (QED) is 0.143. The van der Waals surface area contributed by atoms with E-state index in [2.05, 4.69) is 85.1 Å². The zero-order valence-corrected chi connectivity index (χ0v) is 28.8. The molecular weight excluding hydrogens is 586 g/mol. The number of unbranched alkanes of at least 4 members (excludes halogenated alkanes) is 1. The minimum Gasteiger partial charge on any atom is -0.494 e. The highest BCUT2D eigenvalue weighted by Gasteiger charge is 2.24. The van der Waals surface area contributed by atoms with Crippen LogP contribution in [0.2, 0.25) is 0 Å². The Labute approximate surface area is 279 Å². The minimum absolute atomic E-state index is 0.149. The van der Waals surface area contributed by atoms with Crippen molar-refractivity contribution in [2.24, 2.45) is 0 Å². The standard InChI is InChI=1S/C39H51N5O3/c1-6-7-21-44(35-26-30-15-12-17-40-37(30)42-38(35)45)39(46)41-36-33(27(2)3)24-31(25-34(36)28(4)5)29-14-11-16-32(23-29)47-22-13-20-43-18-9-8-10-19-43/h11-12,14-17,23-28H,6-10,13,18-22H2,1-5H3,(H,41,46)(H,40,42,45). The molecular formula is C39H51N5O3. The lowest BCUT2D eigenvalue weighted by Gasteiger charge is -2.27. The first kappa shape index (κ1) is 34.2. The molecule has 1 aliphatic rings. The van der Waals surface area contributed by atoms with Gasteiger partial charge in [0.25, 0.3) is 5.56 Å². The van der Waals surface area contributed by atoms with Gasteiger partial charge in [-0.1, -0.05) is 59.6 Å². The number of rotatable bonds is 13. The van der Waals surface area contributed by atoms with Crippen LogP contribution in [-0.2, 0) is 0 Å². The summed E-state index contributed by atoms with van der Waals surface area (Å²) in [4.78, 5) is 38.6. The molecule has 3 heterocycles. The van der Waals surface area contributed by atoms with Crippen molar-refractivity contribution in [3.63, 3.8) is 0 Å². The van der Waals surface area contributed by atoms with Gasteiger partial charge in [-0.2, -0.15) is 0 Å². The fourth-order valence-electron chi connectivity index (χ4n) is 6.38. The predicted molar refractivity (Wildman–Crippen MR) is 194 cm³/mol. The second kappa shape index (κ2) is 16.1. The van der Waals surface area contributed by atoms with E-state index in [1.807, 2.05) is 18.2 Å².